The van der Waals surface area contributed by atoms with Crippen LogP contribution in [0.2, 0.25) is 0 Å². The number of hydrogen-bond acceptors (Lipinski definition) is 2. The molecule has 110 valence electrons. The Hall–Kier alpha value is -0.940. The van der Waals surface area contributed by atoms with Crippen LogP contribution in [0.4, 0.5) is 4.39 Å². The lowest BCUT2D eigenvalue weighted by atomic mass is 10.1. The average Bonchev–Trinajstić information content (AvgIpc) is 2.91. The van der Waals surface area contributed by atoms with Gasteiger partial charge in [-0.3, -0.25) is 4.79 Å². The SMILES string of the molecule is CC(C)N(CC1CCCN1)C(=O)c1ccc(F)c(Br)c1. The second-order valence-electron chi connectivity index (χ2n) is 5.47. The van der Waals surface area contributed by atoms with Crippen LogP contribution in [0.25, 0.3) is 0 Å². The molecule has 1 aliphatic rings. The molecule has 1 heterocycles. The van der Waals surface area contributed by atoms with Crippen LogP contribution < -0.4 is 5.32 Å². The van der Waals surface area contributed by atoms with Gasteiger partial charge in [0.2, 0.25) is 0 Å². The fraction of sp³-hybridized carbons (Fsp3) is 0.533. The Labute approximate surface area is 127 Å². The largest absolute Gasteiger partial charge is 0.335 e. The van der Waals surface area contributed by atoms with Gasteiger partial charge in [0, 0.05) is 24.2 Å². The van der Waals surface area contributed by atoms with E-state index < -0.39 is 0 Å². The van der Waals surface area contributed by atoms with Crippen molar-refractivity contribution in [2.75, 3.05) is 13.1 Å². The maximum atomic E-state index is 13.3. The van der Waals surface area contributed by atoms with E-state index in [1.54, 1.807) is 12.1 Å². The molecule has 20 heavy (non-hydrogen) atoms. The molecule has 1 atom stereocenters. The van der Waals surface area contributed by atoms with Gasteiger partial charge in [-0.05, 0) is 67.4 Å². The summed E-state index contributed by atoms with van der Waals surface area (Å²) in [6.45, 7) is 5.73. The zero-order valence-corrected chi connectivity index (χ0v) is 13.4. The molecule has 3 nitrogen and oxygen atoms in total. The van der Waals surface area contributed by atoms with Crippen molar-refractivity contribution in [2.45, 2.75) is 38.8 Å². The molecule has 1 saturated heterocycles. The van der Waals surface area contributed by atoms with E-state index in [-0.39, 0.29) is 17.8 Å². The van der Waals surface area contributed by atoms with Crippen LogP contribution in [-0.4, -0.2) is 36.0 Å². The second kappa shape index (κ2) is 6.68. The van der Waals surface area contributed by atoms with Crippen LogP contribution in [0.1, 0.15) is 37.0 Å². The maximum absolute atomic E-state index is 13.3. The Morgan fingerprint density at radius 3 is 2.85 bits per heavy atom. The number of carbonyl (C=O) groups is 1. The van der Waals surface area contributed by atoms with Crippen molar-refractivity contribution in [3.8, 4) is 0 Å². The average molecular weight is 343 g/mol. The lowest BCUT2D eigenvalue weighted by molar-refractivity contribution is 0.0689. The standard InChI is InChI=1S/C15H20BrFN2O/c1-10(2)19(9-12-4-3-7-18-12)15(20)11-5-6-14(17)13(16)8-11/h5-6,8,10,12,18H,3-4,7,9H2,1-2H3. The van der Waals surface area contributed by atoms with Gasteiger partial charge in [-0.25, -0.2) is 4.39 Å². The van der Waals surface area contributed by atoms with E-state index >= 15 is 0 Å². The number of nitrogens with one attached hydrogen (secondary N) is 1. The molecule has 0 saturated carbocycles. The molecule has 1 fully saturated rings. The minimum Gasteiger partial charge on any atom is -0.335 e. The molecular weight excluding hydrogens is 323 g/mol. The van der Waals surface area contributed by atoms with Crippen LogP contribution >= 0.6 is 15.9 Å². The van der Waals surface area contributed by atoms with Gasteiger partial charge in [0.05, 0.1) is 4.47 Å². The van der Waals surface area contributed by atoms with Gasteiger partial charge in [0.15, 0.2) is 0 Å². The fourth-order valence-corrected chi connectivity index (χ4v) is 2.85. The summed E-state index contributed by atoms with van der Waals surface area (Å²) in [6, 6.07) is 4.90. The number of hydrogen-bond donors (Lipinski definition) is 1. The van der Waals surface area contributed by atoms with Crippen LogP contribution in [0.3, 0.4) is 0 Å². The number of nitrogens with zero attached hydrogens (tertiary/aromatic N) is 1. The highest BCUT2D eigenvalue weighted by molar-refractivity contribution is 9.10. The van der Waals surface area contributed by atoms with E-state index in [0.717, 1.165) is 19.4 Å². The van der Waals surface area contributed by atoms with E-state index in [4.69, 9.17) is 0 Å². The van der Waals surface area contributed by atoms with Crippen molar-refractivity contribution >= 4 is 21.8 Å². The first-order valence-corrected chi connectivity index (χ1v) is 7.77. The summed E-state index contributed by atoms with van der Waals surface area (Å²) in [7, 11) is 0. The molecule has 0 radical (unpaired) electrons. The molecule has 0 aromatic heterocycles. The Bertz CT molecular complexity index is 487. The first kappa shape index (κ1) is 15.4. The molecule has 1 amide bonds. The maximum Gasteiger partial charge on any atom is 0.254 e. The molecule has 0 aliphatic carbocycles. The molecule has 1 aromatic carbocycles. The van der Waals surface area contributed by atoms with E-state index in [1.165, 1.54) is 6.07 Å². The Balaban J connectivity index is 2.15. The lowest BCUT2D eigenvalue weighted by Gasteiger charge is -2.29. The van der Waals surface area contributed by atoms with Crippen LogP contribution in [0.15, 0.2) is 22.7 Å². The Morgan fingerprint density at radius 2 is 2.30 bits per heavy atom. The number of rotatable bonds is 4. The molecule has 2 rings (SSSR count). The number of carbonyl (C=O) groups excluding carboxylic acids is 1. The van der Waals surface area contributed by atoms with Gasteiger partial charge < -0.3 is 10.2 Å². The quantitative estimate of drug-likeness (QED) is 0.911. The van der Waals surface area contributed by atoms with Crippen molar-refractivity contribution in [3.05, 3.63) is 34.1 Å². The minimum absolute atomic E-state index is 0.0469. The third-order valence-electron chi connectivity index (χ3n) is 3.63. The van der Waals surface area contributed by atoms with Crippen LogP contribution in [0.5, 0.6) is 0 Å². The van der Waals surface area contributed by atoms with Gasteiger partial charge >= 0.3 is 0 Å². The molecule has 0 bridgehead atoms. The smallest absolute Gasteiger partial charge is 0.254 e. The summed E-state index contributed by atoms with van der Waals surface area (Å²) in [4.78, 5) is 14.4. The number of halogens is 2. The fourth-order valence-electron chi connectivity index (χ4n) is 2.47. The first-order chi connectivity index (χ1) is 9.49. The summed E-state index contributed by atoms with van der Waals surface area (Å²) >= 11 is 3.13. The highest BCUT2D eigenvalue weighted by atomic mass is 79.9. The number of amides is 1. The minimum atomic E-state index is -0.352. The monoisotopic (exact) mass is 342 g/mol. The van der Waals surface area contributed by atoms with E-state index in [1.807, 2.05) is 18.7 Å². The summed E-state index contributed by atoms with van der Waals surface area (Å²) in [6.07, 6.45) is 2.26. The topological polar surface area (TPSA) is 32.3 Å². The molecule has 1 N–H and O–H groups in total. The normalized spacial score (nSPS) is 18.6. The first-order valence-electron chi connectivity index (χ1n) is 6.98. The van der Waals surface area contributed by atoms with Gasteiger partial charge in [0.1, 0.15) is 5.82 Å². The van der Waals surface area contributed by atoms with Gasteiger partial charge in [0.25, 0.3) is 5.91 Å². The number of benzene rings is 1. The second-order valence-corrected chi connectivity index (χ2v) is 6.33. The molecule has 1 aliphatic heterocycles. The highest BCUT2D eigenvalue weighted by Gasteiger charge is 2.24. The van der Waals surface area contributed by atoms with E-state index in [2.05, 4.69) is 21.2 Å². The van der Waals surface area contributed by atoms with Crippen molar-refractivity contribution in [1.29, 1.82) is 0 Å². The van der Waals surface area contributed by atoms with Gasteiger partial charge in [-0.15, -0.1) is 0 Å². The molecule has 1 aromatic rings. The third kappa shape index (κ3) is 3.58. The summed E-state index contributed by atoms with van der Waals surface area (Å²) in [5.41, 5.74) is 0.518. The van der Waals surface area contributed by atoms with E-state index in [9.17, 15) is 9.18 Å². The van der Waals surface area contributed by atoms with Crippen molar-refractivity contribution in [1.82, 2.24) is 10.2 Å². The molecule has 0 spiro atoms. The van der Waals surface area contributed by atoms with Crippen LogP contribution in [-0.2, 0) is 0 Å². The predicted octanol–water partition coefficient (Wildman–Crippen LogP) is 3.19. The van der Waals surface area contributed by atoms with Crippen molar-refractivity contribution in [3.63, 3.8) is 0 Å². The molecule has 5 heteroatoms. The van der Waals surface area contributed by atoms with E-state index in [0.29, 0.717) is 22.6 Å². The van der Waals surface area contributed by atoms with Gasteiger partial charge in [-0.1, -0.05) is 0 Å². The van der Waals surface area contributed by atoms with Gasteiger partial charge in [-0.2, -0.15) is 0 Å². The summed E-state index contributed by atoms with van der Waals surface area (Å²) in [5.74, 6) is -0.399. The summed E-state index contributed by atoms with van der Waals surface area (Å²) < 4.78 is 13.6. The predicted molar refractivity (Wildman–Crippen MR) is 81.3 cm³/mol. The molecule has 1 unspecified atom stereocenters. The Kier molecular flexibility index (Phi) is 5.16. The molecular formula is C15H20BrFN2O. The highest BCUT2D eigenvalue weighted by Crippen LogP contribution is 2.19. The zero-order valence-electron chi connectivity index (χ0n) is 11.8. The lowest BCUT2D eigenvalue weighted by Crippen LogP contribution is -2.44. The van der Waals surface area contributed by atoms with Crippen molar-refractivity contribution < 1.29 is 9.18 Å². The zero-order chi connectivity index (χ0) is 14.7. The third-order valence-corrected chi connectivity index (χ3v) is 4.24. The van der Waals surface area contributed by atoms with Crippen LogP contribution in [0, 0.1) is 5.82 Å². The summed E-state index contributed by atoms with van der Waals surface area (Å²) in [5, 5.41) is 3.41. The Morgan fingerprint density at radius 1 is 1.55 bits per heavy atom. The van der Waals surface area contributed by atoms with Crippen molar-refractivity contribution in [2.24, 2.45) is 0 Å².